The second kappa shape index (κ2) is 7.92. The van der Waals surface area contributed by atoms with Gasteiger partial charge in [-0.3, -0.25) is 0 Å². The van der Waals surface area contributed by atoms with Gasteiger partial charge in [0.1, 0.15) is 7.85 Å². The highest BCUT2D eigenvalue weighted by atomic mass is 15.1. The Morgan fingerprint density at radius 2 is 0.967 bits per heavy atom. The summed E-state index contributed by atoms with van der Waals surface area (Å²) in [4.78, 5) is 2.24. The summed E-state index contributed by atoms with van der Waals surface area (Å²) in [5.41, 5.74) is 6.48. The third-order valence-electron chi connectivity index (χ3n) is 5.37. The van der Waals surface area contributed by atoms with Crippen molar-refractivity contribution in [3.05, 3.63) is 121 Å². The van der Waals surface area contributed by atoms with Gasteiger partial charge in [0.05, 0.1) is 0 Å². The maximum atomic E-state index is 5.91. The fourth-order valence-electron chi connectivity index (χ4n) is 3.82. The number of hydrogen-bond donors (Lipinski definition) is 0. The largest absolute Gasteiger partial charge is 0.311 e. The summed E-state index contributed by atoms with van der Waals surface area (Å²) in [5.74, 6) is 0. The maximum Gasteiger partial charge on any atom is 0.113 e. The third-order valence-corrected chi connectivity index (χ3v) is 5.37. The summed E-state index contributed by atoms with van der Waals surface area (Å²) in [7, 11) is 5.91. The normalized spacial score (nSPS) is 10.8. The smallest absolute Gasteiger partial charge is 0.113 e. The van der Waals surface area contributed by atoms with Crippen molar-refractivity contribution >= 4 is 41.1 Å². The lowest BCUT2D eigenvalue weighted by Crippen LogP contribution is -2.11. The predicted molar refractivity (Wildman–Crippen MR) is 129 cm³/mol. The number of hydrogen-bond acceptors (Lipinski definition) is 1. The lowest BCUT2D eigenvalue weighted by atomic mass is 9.96. The second-order valence-electron chi connectivity index (χ2n) is 7.37. The highest BCUT2D eigenvalue weighted by Gasteiger charge is 2.12. The first-order valence-electron chi connectivity index (χ1n) is 10.1. The second-order valence-corrected chi connectivity index (χ2v) is 7.37. The quantitative estimate of drug-likeness (QED) is 0.311. The van der Waals surface area contributed by atoms with Crippen LogP contribution in [0.2, 0.25) is 0 Å². The highest BCUT2D eigenvalue weighted by Crippen LogP contribution is 2.35. The van der Waals surface area contributed by atoms with Crippen LogP contribution >= 0.6 is 0 Å². The maximum absolute atomic E-state index is 5.91. The molecule has 0 N–H and O–H groups in total. The molecule has 5 aromatic carbocycles. The van der Waals surface area contributed by atoms with Gasteiger partial charge in [-0.15, -0.1) is 0 Å². The summed E-state index contributed by atoms with van der Waals surface area (Å²) < 4.78 is 0. The summed E-state index contributed by atoms with van der Waals surface area (Å²) in [6.45, 7) is 0. The van der Waals surface area contributed by atoms with Crippen molar-refractivity contribution in [3.63, 3.8) is 0 Å². The molecule has 0 heterocycles. The minimum absolute atomic E-state index is 0.762. The van der Waals surface area contributed by atoms with Crippen molar-refractivity contribution in [2.24, 2.45) is 0 Å². The summed E-state index contributed by atoms with van der Waals surface area (Å²) >= 11 is 0. The van der Waals surface area contributed by atoms with Gasteiger partial charge in [-0.1, -0.05) is 84.3 Å². The fourth-order valence-corrected chi connectivity index (χ4v) is 3.82. The number of fused-ring (bicyclic) bond motifs is 1. The van der Waals surface area contributed by atoms with Gasteiger partial charge in [-0.25, -0.2) is 0 Å². The summed E-state index contributed by atoms with van der Waals surface area (Å²) in [6.07, 6.45) is 0. The zero-order chi connectivity index (χ0) is 20.3. The molecule has 0 atom stereocenters. The van der Waals surface area contributed by atoms with E-state index >= 15 is 0 Å². The molecule has 30 heavy (non-hydrogen) atoms. The molecular weight excluding hydrogens is 361 g/mol. The van der Waals surface area contributed by atoms with E-state index in [1.165, 1.54) is 21.9 Å². The van der Waals surface area contributed by atoms with E-state index in [0.29, 0.717) is 0 Å². The lowest BCUT2D eigenvalue weighted by Gasteiger charge is -2.25. The monoisotopic (exact) mass is 381 g/mol. The number of nitrogens with zero attached hydrogens (tertiary/aromatic N) is 1. The molecular formula is C28H20BN. The van der Waals surface area contributed by atoms with Gasteiger partial charge < -0.3 is 4.90 Å². The number of anilines is 3. The number of rotatable bonds is 4. The Balaban J connectivity index is 1.54. The molecule has 2 radical (unpaired) electrons. The molecule has 5 aromatic rings. The molecule has 0 amide bonds. The zero-order valence-electron chi connectivity index (χ0n) is 16.6. The molecule has 0 aliphatic rings. The highest BCUT2D eigenvalue weighted by molar-refractivity contribution is 6.32. The summed E-state index contributed by atoms with van der Waals surface area (Å²) in [6, 6.07) is 42.2. The molecule has 0 bridgehead atoms. The van der Waals surface area contributed by atoms with Gasteiger partial charge >= 0.3 is 0 Å². The molecule has 0 saturated heterocycles. The molecule has 0 aliphatic heterocycles. The predicted octanol–water partition coefficient (Wildman–Crippen LogP) is 6.77. The molecule has 140 valence electrons. The number of para-hydroxylation sites is 1. The van der Waals surface area contributed by atoms with Gasteiger partial charge in [0.25, 0.3) is 0 Å². The first kappa shape index (κ1) is 18.3. The molecule has 0 spiro atoms. The van der Waals surface area contributed by atoms with E-state index in [1.54, 1.807) is 0 Å². The molecule has 0 aromatic heterocycles. The number of benzene rings is 5. The molecule has 1 nitrogen and oxygen atoms in total. The van der Waals surface area contributed by atoms with E-state index in [9.17, 15) is 0 Å². The van der Waals surface area contributed by atoms with Crippen LogP contribution in [0, 0.1) is 0 Å². The van der Waals surface area contributed by atoms with E-state index in [2.05, 4.69) is 108 Å². The van der Waals surface area contributed by atoms with E-state index in [4.69, 9.17) is 7.85 Å². The molecule has 0 aliphatic carbocycles. The van der Waals surface area contributed by atoms with E-state index < -0.39 is 0 Å². The average molecular weight is 381 g/mol. The van der Waals surface area contributed by atoms with Gasteiger partial charge in [-0.05, 0) is 64.4 Å². The van der Waals surface area contributed by atoms with Crippen molar-refractivity contribution in [1.29, 1.82) is 0 Å². The first-order valence-corrected chi connectivity index (χ1v) is 10.1. The average Bonchev–Trinajstić information content (AvgIpc) is 2.81. The van der Waals surface area contributed by atoms with Gasteiger partial charge in [-0.2, -0.15) is 0 Å². The van der Waals surface area contributed by atoms with Crippen molar-refractivity contribution < 1.29 is 0 Å². The van der Waals surface area contributed by atoms with Gasteiger partial charge in [0, 0.05) is 17.1 Å². The minimum atomic E-state index is 0.762. The van der Waals surface area contributed by atoms with Crippen LogP contribution in [-0.4, -0.2) is 7.85 Å². The molecule has 0 unspecified atom stereocenters. The van der Waals surface area contributed by atoms with Crippen LogP contribution in [0.4, 0.5) is 17.1 Å². The summed E-state index contributed by atoms with van der Waals surface area (Å²) in [5, 5.41) is 2.52. The molecule has 0 fully saturated rings. The lowest BCUT2D eigenvalue weighted by molar-refractivity contribution is 1.29. The Hall–Kier alpha value is -3.78. The van der Waals surface area contributed by atoms with Gasteiger partial charge in [0.2, 0.25) is 0 Å². The van der Waals surface area contributed by atoms with E-state index in [1.807, 2.05) is 18.2 Å². The van der Waals surface area contributed by atoms with Crippen LogP contribution in [0.25, 0.3) is 21.9 Å². The van der Waals surface area contributed by atoms with Gasteiger partial charge in [0.15, 0.2) is 0 Å². The Morgan fingerprint density at radius 3 is 1.67 bits per heavy atom. The third kappa shape index (κ3) is 3.60. The van der Waals surface area contributed by atoms with E-state index in [0.717, 1.165) is 22.5 Å². The minimum Gasteiger partial charge on any atom is -0.311 e. The van der Waals surface area contributed by atoms with Crippen molar-refractivity contribution in [3.8, 4) is 11.1 Å². The first-order chi connectivity index (χ1) is 14.8. The molecule has 0 saturated carbocycles. The molecule has 2 heteroatoms. The van der Waals surface area contributed by atoms with Crippen molar-refractivity contribution in [2.45, 2.75) is 0 Å². The van der Waals surface area contributed by atoms with Crippen LogP contribution in [0.3, 0.4) is 0 Å². The van der Waals surface area contributed by atoms with Crippen LogP contribution < -0.4 is 10.4 Å². The Labute approximate surface area is 178 Å². The standard InChI is InChI=1S/C28H20BN/c29-25-14-18-28(19-15-25)30(26-8-2-1-3-9-26)27-16-12-22(13-17-27)24-11-10-21-6-4-5-7-23(21)20-24/h1-20H. The SMILES string of the molecule is [B]c1ccc(N(c2ccccc2)c2ccc(-c3ccc4ccccc4c3)cc2)cc1. The Bertz CT molecular complexity index is 1280. The zero-order valence-corrected chi connectivity index (χ0v) is 16.6. The molecule has 5 rings (SSSR count). The van der Waals surface area contributed by atoms with E-state index in [-0.39, 0.29) is 0 Å². The Kier molecular flexibility index (Phi) is 4.82. The van der Waals surface area contributed by atoms with Crippen molar-refractivity contribution in [2.75, 3.05) is 4.90 Å². The topological polar surface area (TPSA) is 3.24 Å². The van der Waals surface area contributed by atoms with Crippen LogP contribution in [0.5, 0.6) is 0 Å². The fraction of sp³-hybridized carbons (Fsp3) is 0. The van der Waals surface area contributed by atoms with Crippen LogP contribution in [0.1, 0.15) is 0 Å². The van der Waals surface area contributed by atoms with Crippen LogP contribution in [-0.2, 0) is 0 Å². The van der Waals surface area contributed by atoms with Crippen LogP contribution in [0.15, 0.2) is 121 Å². The van der Waals surface area contributed by atoms with Crippen molar-refractivity contribution in [1.82, 2.24) is 0 Å². The Morgan fingerprint density at radius 1 is 0.433 bits per heavy atom.